The van der Waals surface area contributed by atoms with E-state index in [0.29, 0.717) is 15.9 Å². The number of fused-ring (bicyclic) bond motifs is 1. The van der Waals surface area contributed by atoms with Gasteiger partial charge in [0.2, 0.25) is 0 Å². The Balaban J connectivity index is 2.06. The number of hydrogen-bond donors (Lipinski definition) is 1. The van der Waals surface area contributed by atoms with Crippen molar-refractivity contribution >= 4 is 33.5 Å². The molecule has 1 N–H and O–H groups in total. The smallest absolute Gasteiger partial charge is 0.161 e. The SMILES string of the molecule is CCCNc1nc(-c2cc(F)cc(Br)c2)nc2c1CSC2. The minimum absolute atomic E-state index is 0.291. The Kier molecular flexibility index (Phi) is 4.45. The number of rotatable bonds is 4. The van der Waals surface area contributed by atoms with Crippen LogP contribution in [0, 0.1) is 5.82 Å². The fourth-order valence-electron chi connectivity index (χ4n) is 2.25. The summed E-state index contributed by atoms with van der Waals surface area (Å²) in [6.45, 7) is 2.99. The molecule has 0 aliphatic carbocycles. The summed E-state index contributed by atoms with van der Waals surface area (Å²) in [6, 6.07) is 4.75. The van der Waals surface area contributed by atoms with Gasteiger partial charge in [-0.3, -0.25) is 0 Å². The maximum absolute atomic E-state index is 13.6. The highest BCUT2D eigenvalue weighted by Crippen LogP contribution is 2.35. The molecule has 0 amide bonds. The number of halogens is 2. The number of thioether (sulfide) groups is 1. The van der Waals surface area contributed by atoms with Crippen LogP contribution in [0.4, 0.5) is 10.2 Å². The lowest BCUT2D eigenvalue weighted by Gasteiger charge is -2.11. The molecule has 1 aromatic carbocycles. The van der Waals surface area contributed by atoms with Gasteiger partial charge in [0, 0.05) is 33.7 Å². The van der Waals surface area contributed by atoms with E-state index in [1.807, 2.05) is 17.8 Å². The first kappa shape index (κ1) is 14.8. The molecule has 2 heterocycles. The van der Waals surface area contributed by atoms with E-state index >= 15 is 0 Å². The lowest BCUT2D eigenvalue weighted by atomic mass is 10.2. The van der Waals surface area contributed by atoms with Crippen LogP contribution in [0.25, 0.3) is 11.4 Å². The predicted octanol–water partition coefficient (Wildman–Crippen LogP) is 4.61. The normalized spacial score (nSPS) is 13.3. The Morgan fingerprint density at radius 2 is 2.14 bits per heavy atom. The average molecular weight is 368 g/mol. The largest absolute Gasteiger partial charge is 0.370 e. The maximum Gasteiger partial charge on any atom is 0.161 e. The van der Waals surface area contributed by atoms with Gasteiger partial charge in [-0.1, -0.05) is 22.9 Å². The predicted molar refractivity (Wildman–Crippen MR) is 88.9 cm³/mol. The fraction of sp³-hybridized carbons (Fsp3) is 0.333. The highest BCUT2D eigenvalue weighted by atomic mass is 79.9. The van der Waals surface area contributed by atoms with Crippen LogP contribution in [0.15, 0.2) is 22.7 Å². The molecule has 0 atom stereocenters. The highest BCUT2D eigenvalue weighted by Gasteiger charge is 2.20. The second-order valence-corrected chi connectivity index (χ2v) is 6.80. The molecular formula is C15H15BrFN3S. The highest BCUT2D eigenvalue weighted by molar-refractivity contribution is 9.10. The molecule has 0 bridgehead atoms. The van der Waals surface area contributed by atoms with Crippen LogP contribution in [0.2, 0.25) is 0 Å². The van der Waals surface area contributed by atoms with Crippen molar-refractivity contribution < 1.29 is 4.39 Å². The molecule has 0 saturated heterocycles. The van der Waals surface area contributed by atoms with Gasteiger partial charge in [0.25, 0.3) is 0 Å². The summed E-state index contributed by atoms with van der Waals surface area (Å²) in [6.07, 6.45) is 1.03. The molecule has 0 spiro atoms. The number of aromatic nitrogens is 2. The number of anilines is 1. The minimum atomic E-state index is -0.291. The molecule has 3 rings (SSSR count). The molecule has 110 valence electrons. The molecule has 0 unspecified atom stereocenters. The van der Waals surface area contributed by atoms with Gasteiger partial charge in [-0.2, -0.15) is 11.8 Å². The van der Waals surface area contributed by atoms with E-state index < -0.39 is 0 Å². The lowest BCUT2D eigenvalue weighted by Crippen LogP contribution is -2.08. The quantitative estimate of drug-likeness (QED) is 0.855. The van der Waals surface area contributed by atoms with Crippen molar-refractivity contribution in [2.45, 2.75) is 24.9 Å². The van der Waals surface area contributed by atoms with Gasteiger partial charge in [-0.25, -0.2) is 14.4 Å². The Morgan fingerprint density at radius 1 is 1.29 bits per heavy atom. The topological polar surface area (TPSA) is 37.8 Å². The van der Waals surface area contributed by atoms with Crippen LogP contribution >= 0.6 is 27.7 Å². The van der Waals surface area contributed by atoms with Crippen LogP contribution in [0.3, 0.4) is 0 Å². The molecule has 1 aliphatic heterocycles. The summed E-state index contributed by atoms with van der Waals surface area (Å²) in [7, 11) is 0. The first-order chi connectivity index (χ1) is 10.2. The molecule has 6 heteroatoms. The Labute approximate surface area is 135 Å². The number of nitrogens with zero attached hydrogens (tertiary/aromatic N) is 2. The summed E-state index contributed by atoms with van der Waals surface area (Å²) >= 11 is 5.15. The second kappa shape index (κ2) is 6.32. The summed E-state index contributed by atoms with van der Waals surface area (Å²) in [5.74, 6) is 3.01. The molecule has 1 aliphatic rings. The van der Waals surface area contributed by atoms with Gasteiger partial charge in [0.1, 0.15) is 11.6 Å². The van der Waals surface area contributed by atoms with E-state index in [9.17, 15) is 4.39 Å². The molecule has 3 nitrogen and oxygen atoms in total. The third kappa shape index (κ3) is 3.21. The number of nitrogens with one attached hydrogen (secondary N) is 1. The maximum atomic E-state index is 13.6. The second-order valence-electron chi connectivity index (χ2n) is 4.90. The molecule has 2 aromatic rings. The van der Waals surface area contributed by atoms with Crippen LogP contribution in [0.5, 0.6) is 0 Å². The monoisotopic (exact) mass is 367 g/mol. The molecule has 0 saturated carbocycles. The van der Waals surface area contributed by atoms with E-state index in [2.05, 4.69) is 38.1 Å². The van der Waals surface area contributed by atoms with Crippen molar-refractivity contribution in [2.24, 2.45) is 0 Å². The molecular weight excluding hydrogens is 353 g/mol. The Hall–Kier alpha value is -1.14. The third-order valence-electron chi connectivity index (χ3n) is 3.24. The van der Waals surface area contributed by atoms with Gasteiger partial charge in [-0.15, -0.1) is 0 Å². The standard InChI is InChI=1S/C15H15BrFN3S/c1-2-3-18-15-12-7-21-8-13(12)19-14(20-15)9-4-10(16)6-11(17)5-9/h4-6H,2-3,7-8H2,1H3,(H,18,19,20). The van der Waals surface area contributed by atoms with Crippen molar-refractivity contribution in [3.63, 3.8) is 0 Å². The summed E-state index contributed by atoms with van der Waals surface area (Å²) in [5, 5.41) is 3.36. The van der Waals surface area contributed by atoms with Gasteiger partial charge >= 0.3 is 0 Å². The molecule has 21 heavy (non-hydrogen) atoms. The summed E-state index contributed by atoms with van der Waals surface area (Å²) in [4.78, 5) is 9.23. The van der Waals surface area contributed by atoms with Crippen LogP contribution in [0.1, 0.15) is 24.6 Å². The Bertz CT molecular complexity index is 658. The first-order valence-corrected chi connectivity index (χ1v) is 8.80. The van der Waals surface area contributed by atoms with Crippen LogP contribution < -0.4 is 5.32 Å². The lowest BCUT2D eigenvalue weighted by molar-refractivity contribution is 0.627. The van der Waals surface area contributed by atoms with Crippen molar-refractivity contribution in [2.75, 3.05) is 11.9 Å². The van der Waals surface area contributed by atoms with Crippen molar-refractivity contribution in [1.82, 2.24) is 9.97 Å². The molecule has 1 aromatic heterocycles. The van der Waals surface area contributed by atoms with E-state index in [0.717, 1.165) is 36.0 Å². The van der Waals surface area contributed by atoms with E-state index in [4.69, 9.17) is 0 Å². The zero-order valence-electron chi connectivity index (χ0n) is 11.6. The van der Waals surface area contributed by atoms with Crippen molar-refractivity contribution in [3.8, 4) is 11.4 Å². The fourth-order valence-corrected chi connectivity index (χ4v) is 3.76. The van der Waals surface area contributed by atoms with Crippen molar-refractivity contribution in [1.29, 1.82) is 0 Å². The van der Waals surface area contributed by atoms with Crippen LogP contribution in [-0.2, 0) is 11.5 Å². The summed E-state index contributed by atoms with van der Waals surface area (Å²) in [5.41, 5.74) is 2.94. The molecule has 0 fully saturated rings. The van der Waals surface area contributed by atoms with E-state index in [-0.39, 0.29) is 5.82 Å². The van der Waals surface area contributed by atoms with Gasteiger partial charge in [-0.05, 0) is 24.6 Å². The van der Waals surface area contributed by atoms with Gasteiger partial charge < -0.3 is 5.32 Å². The number of hydrogen-bond acceptors (Lipinski definition) is 4. The van der Waals surface area contributed by atoms with Crippen molar-refractivity contribution in [3.05, 3.63) is 39.7 Å². The first-order valence-electron chi connectivity index (χ1n) is 6.85. The van der Waals surface area contributed by atoms with Gasteiger partial charge in [0.05, 0.1) is 5.69 Å². The number of benzene rings is 1. The molecule has 0 radical (unpaired) electrons. The summed E-state index contributed by atoms with van der Waals surface area (Å²) < 4.78 is 14.3. The van der Waals surface area contributed by atoms with E-state index in [1.54, 1.807) is 0 Å². The van der Waals surface area contributed by atoms with E-state index in [1.165, 1.54) is 17.7 Å². The van der Waals surface area contributed by atoms with Gasteiger partial charge in [0.15, 0.2) is 5.82 Å². The average Bonchev–Trinajstić information content (AvgIpc) is 2.92. The minimum Gasteiger partial charge on any atom is -0.370 e. The zero-order chi connectivity index (χ0) is 14.8. The van der Waals surface area contributed by atoms with Crippen LogP contribution in [-0.4, -0.2) is 16.5 Å². The zero-order valence-corrected chi connectivity index (χ0v) is 14.0. The third-order valence-corrected chi connectivity index (χ3v) is 4.67. The Morgan fingerprint density at radius 3 is 2.90 bits per heavy atom.